The van der Waals surface area contributed by atoms with E-state index in [-0.39, 0.29) is 12.4 Å². The second-order valence-corrected chi connectivity index (χ2v) is 4.47. The zero-order chi connectivity index (χ0) is 12.6. The summed E-state index contributed by atoms with van der Waals surface area (Å²) in [6, 6.07) is 7.76. The van der Waals surface area contributed by atoms with Crippen LogP contribution in [-0.2, 0) is 0 Å². The molecule has 1 aliphatic rings. The number of halogens is 1. The quantitative estimate of drug-likeness (QED) is 0.809. The molecule has 108 valence electrons. The van der Waals surface area contributed by atoms with Crippen LogP contribution in [0, 0.1) is 0 Å². The number of ether oxygens (including phenoxy) is 2. The highest BCUT2D eigenvalue weighted by Crippen LogP contribution is 2.18. The van der Waals surface area contributed by atoms with Crippen LogP contribution < -0.4 is 14.8 Å². The van der Waals surface area contributed by atoms with Crippen molar-refractivity contribution < 1.29 is 9.47 Å². The molecular weight excluding hydrogens is 264 g/mol. The van der Waals surface area contributed by atoms with Gasteiger partial charge in [-0.25, -0.2) is 0 Å². The third-order valence-electron chi connectivity index (χ3n) is 3.14. The molecule has 0 spiro atoms. The predicted octanol–water partition coefficient (Wildman–Crippen LogP) is 1.79. The maximum atomic E-state index is 5.72. The molecule has 0 atom stereocenters. The Morgan fingerprint density at radius 3 is 2.68 bits per heavy atom. The number of hydrogen-bond acceptors (Lipinski definition) is 4. The minimum atomic E-state index is 0. The van der Waals surface area contributed by atoms with Gasteiger partial charge >= 0.3 is 0 Å². The topological polar surface area (TPSA) is 33.7 Å². The number of piperazine rings is 1. The fraction of sp³-hybridized carbons (Fsp3) is 0.571. The zero-order valence-corrected chi connectivity index (χ0v) is 12.2. The average molecular weight is 287 g/mol. The Hall–Kier alpha value is -0.970. The molecule has 1 aromatic carbocycles. The van der Waals surface area contributed by atoms with Gasteiger partial charge in [0.05, 0.1) is 13.7 Å². The standard InChI is InChI=1S/C14H22N2O2.ClH/c1-17-13-4-2-5-14(12-13)18-11-3-8-16-9-6-15-7-10-16;/h2,4-5,12,15H,3,6-11H2,1H3;1H. The van der Waals surface area contributed by atoms with Gasteiger partial charge in [0.25, 0.3) is 0 Å². The van der Waals surface area contributed by atoms with Crippen LogP contribution in [0.15, 0.2) is 24.3 Å². The van der Waals surface area contributed by atoms with Gasteiger partial charge < -0.3 is 19.7 Å². The third-order valence-corrected chi connectivity index (χ3v) is 3.14. The Labute approximate surface area is 121 Å². The van der Waals surface area contributed by atoms with Gasteiger partial charge in [-0.2, -0.15) is 0 Å². The maximum absolute atomic E-state index is 5.72. The first kappa shape index (κ1) is 16.1. The van der Waals surface area contributed by atoms with Crippen molar-refractivity contribution >= 4 is 12.4 Å². The summed E-state index contributed by atoms with van der Waals surface area (Å²) < 4.78 is 10.9. The van der Waals surface area contributed by atoms with Gasteiger partial charge in [-0.1, -0.05) is 6.07 Å². The number of methoxy groups -OCH3 is 1. The number of benzene rings is 1. The molecule has 0 aliphatic carbocycles. The van der Waals surface area contributed by atoms with Crippen molar-refractivity contribution in [3.63, 3.8) is 0 Å². The highest BCUT2D eigenvalue weighted by Gasteiger charge is 2.08. The molecule has 1 saturated heterocycles. The molecule has 0 aromatic heterocycles. The molecule has 1 N–H and O–H groups in total. The average Bonchev–Trinajstić information content (AvgIpc) is 2.45. The highest BCUT2D eigenvalue weighted by atomic mass is 35.5. The molecular formula is C14H23ClN2O2. The first-order chi connectivity index (χ1) is 8.88. The molecule has 1 aliphatic heterocycles. The van der Waals surface area contributed by atoms with Crippen LogP contribution in [0.4, 0.5) is 0 Å². The monoisotopic (exact) mass is 286 g/mol. The summed E-state index contributed by atoms with van der Waals surface area (Å²) in [6.45, 7) is 6.40. The molecule has 1 fully saturated rings. The maximum Gasteiger partial charge on any atom is 0.122 e. The van der Waals surface area contributed by atoms with Crippen LogP contribution in [0.3, 0.4) is 0 Å². The first-order valence-electron chi connectivity index (χ1n) is 6.58. The van der Waals surface area contributed by atoms with Gasteiger partial charge in [0, 0.05) is 38.8 Å². The Morgan fingerprint density at radius 1 is 1.21 bits per heavy atom. The summed E-state index contributed by atoms with van der Waals surface area (Å²) in [4.78, 5) is 2.48. The fourth-order valence-electron chi connectivity index (χ4n) is 2.10. The molecule has 0 radical (unpaired) electrons. The van der Waals surface area contributed by atoms with Crippen LogP contribution in [0.1, 0.15) is 6.42 Å². The lowest BCUT2D eigenvalue weighted by Gasteiger charge is -2.26. The van der Waals surface area contributed by atoms with E-state index in [4.69, 9.17) is 9.47 Å². The molecule has 0 saturated carbocycles. The molecule has 5 heteroatoms. The number of hydrogen-bond donors (Lipinski definition) is 1. The summed E-state index contributed by atoms with van der Waals surface area (Å²) >= 11 is 0. The second-order valence-electron chi connectivity index (χ2n) is 4.47. The van der Waals surface area contributed by atoms with E-state index >= 15 is 0 Å². The molecule has 1 aromatic rings. The smallest absolute Gasteiger partial charge is 0.122 e. The minimum Gasteiger partial charge on any atom is -0.497 e. The SMILES string of the molecule is COc1cccc(OCCCN2CCNCC2)c1.Cl. The molecule has 1 heterocycles. The van der Waals surface area contributed by atoms with Crippen molar-refractivity contribution in [2.45, 2.75) is 6.42 Å². The van der Waals surface area contributed by atoms with Gasteiger partial charge in [0.15, 0.2) is 0 Å². The predicted molar refractivity (Wildman–Crippen MR) is 79.7 cm³/mol. The van der Waals surface area contributed by atoms with Crippen LogP contribution in [0.5, 0.6) is 11.5 Å². The van der Waals surface area contributed by atoms with Gasteiger partial charge in [0.1, 0.15) is 11.5 Å². The van der Waals surface area contributed by atoms with Crippen LogP contribution in [-0.4, -0.2) is 51.3 Å². The molecule has 2 rings (SSSR count). The Kier molecular flexibility index (Phi) is 7.63. The van der Waals surface area contributed by atoms with Gasteiger partial charge in [-0.3, -0.25) is 0 Å². The van der Waals surface area contributed by atoms with Crippen molar-refractivity contribution in [3.8, 4) is 11.5 Å². The van der Waals surface area contributed by atoms with Crippen molar-refractivity contribution in [1.29, 1.82) is 0 Å². The number of nitrogens with one attached hydrogen (secondary N) is 1. The summed E-state index contributed by atoms with van der Waals surface area (Å²) in [5, 5.41) is 3.36. The molecule has 0 unspecified atom stereocenters. The van der Waals surface area contributed by atoms with Gasteiger partial charge in [0.2, 0.25) is 0 Å². The van der Waals surface area contributed by atoms with Gasteiger partial charge in [-0.05, 0) is 18.6 Å². The van der Waals surface area contributed by atoms with E-state index < -0.39 is 0 Å². The van der Waals surface area contributed by atoms with E-state index in [1.807, 2.05) is 24.3 Å². The third kappa shape index (κ3) is 5.68. The van der Waals surface area contributed by atoms with Gasteiger partial charge in [-0.15, -0.1) is 12.4 Å². The first-order valence-corrected chi connectivity index (χ1v) is 6.58. The summed E-state index contributed by atoms with van der Waals surface area (Å²) in [5.41, 5.74) is 0. The molecule has 0 amide bonds. The summed E-state index contributed by atoms with van der Waals surface area (Å²) in [7, 11) is 1.67. The van der Waals surface area contributed by atoms with E-state index in [1.165, 1.54) is 0 Å². The number of rotatable bonds is 6. The van der Waals surface area contributed by atoms with E-state index in [2.05, 4.69) is 10.2 Å². The lowest BCUT2D eigenvalue weighted by molar-refractivity contribution is 0.213. The highest BCUT2D eigenvalue weighted by molar-refractivity contribution is 5.85. The molecule has 4 nitrogen and oxygen atoms in total. The largest absolute Gasteiger partial charge is 0.497 e. The van der Waals surface area contributed by atoms with Crippen molar-refractivity contribution in [3.05, 3.63) is 24.3 Å². The van der Waals surface area contributed by atoms with Crippen molar-refractivity contribution in [1.82, 2.24) is 10.2 Å². The van der Waals surface area contributed by atoms with E-state index in [9.17, 15) is 0 Å². The Bertz CT molecular complexity index is 357. The van der Waals surface area contributed by atoms with Crippen LogP contribution >= 0.6 is 12.4 Å². The van der Waals surface area contributed by atoms with E-state index in [1.54, 1.807) is 7.11 Å². The van der Waals surface area contributed by atoms with Crippen LogP contribution in [0.2, 0.25) is 0 Å². The zero-order valence-electron chi connectivity index (χ0n) is 11.4. The summed E-state index contributed by atoms with van der Waals surface area (Å²) in [6.07, 6.45) is 1.07. The fourth-order valence-corrected chi connectivity index (χ4v) is 2.10. The molecule has 19 heavy (non-hydrogen) atoms. The molecule has 0 bridgehead atoms. The number of nitrogens with zero attached hydrogens (tertiary/aromatic N) is 1. The Balaban J connectivity index is 0.00000180. The van der Waals surface area contributed by atoms with Crippen LogP contribution in [0.25, 0.3) is 0 Å². The van der Waals surface area contributed by atoms with E-state index in [0.717, 1.165) is 57.3 Å². The lowest BCUT2D eigenvalue weighted by Crippen LogP contribution is -2.43. The van der Waals surface area contributed by atoms with Crippen molar-refractivity contribution in [2.75, 3.05) is 46.4 Å². The minimum absolute atomic E-state index is 0. The van der Waals surface area contributed by atoms with E-state index in [0.29, 0.717) is 0 Å². The normalized spacial score (nSPS) is 15.6. The second kappa shape index (κ2) is 9.02. The lowest BCUT2D eigenvalue weighted by atomic mass is 10.3. The van der Waals surface area contributed by atoms with Crippen molar-refractivity contribution in [2.24, 2.45) is 0 Å². The Morgan fingerprint density at radius 2 is 1.95 bits per heavy atom. The summed E-state index contributed by atoms with van der Waals surface area (Å²) in [5.74, 6) is 1.73.